The zero-order valence-corrected chi connectivity index (χ0v) is 27.1. The molecule has 1 aliphatic heterocycles. The van der Waals surface area contributed by atoms with Gasteiger partial charge in [0.2, 0.25) is 5.95 Å². The maximum Gasteiger partial charge on any atom is 0.416 e. The van der Waals surface area contributed by atoms with Gasteiger partial charge in [0.1, 0.15) is 24.6 Å². The van der Waals surface area contributed by atoms with Gasteiger partial charge in [-0.25, -0.2) is 9.97 Å². The number of benzene rings is 2. The van der Waals surface area contributed by atoms with E-state index >= 15 is 0 Å². The number of alkyl halides is 3. The summed E-state index contributed by atoms with van der Waals surface area (Å²) in [6, 6.07) is 10.4. The lowest BCUT2D eigenvalue weighted by Gasteiger charge is -2.39. The van der Waals surface area contributed by atoms with Crippen LogP contribution in [0.3, 0.4) is 0 Å². The van der Waals surface area contributed by atoms with Gasteiger partial charge in [-0.2, -0.15) is 18.4 Å². The number of hydrogen-bond donors (Lipinski definition) is 2. The number of hydrogen-bond acceptors (Lipinski definition) is 9. The predicted octanol–water partition coefficient (Wildman–Crippen LogP) is 6.06. The van der Waals surface area contributed by atoms with Gasteiger partial charge < -0.3 is 29.2 Å². The second-order valence-corrected chi connectivity index (χ2v) is 17.5. The predicted molar refractivity (Wildman–Crippen MR) is 170 cm³/mol. The number of carbonyl (C=O) groups is 1. The fourth-order valence-corrected chi connectivity index (χ4v) is 5.96. The molecule has 0 amide bonds. The minimum absolute atomic E-state index is 0.000356. The van der Waals surface area contributed by atoms with E-state index in [4.69, 9.17) is 14.3 Å². The SMILES string of the molecule is CC1(CO[Si](C)(C)C(C)(C)C)CN([B]C=O)c2c(C#N)cc(-c3ccnc(Nc4cc(C(F)(F)F)ccc4OCCO)n3)cc21. The van der Waals surface area contributed by atoms with Gasteiger partial charge in [0.15, 0.2) is 8.32 Å². The number of fused-ring (bicyclic) bond motifs is 1. The Balaban J connectivity index is 1.76. The zero-order valence-electron chi connectivity index (χ0n) is 26.1. The third kappa shape index (κ3) is 7.32. The summed E-state index contributed by atoms with van der Waals surface area (Å²) in [4.78, 5) is 22.1. The van der Waals surface area contributed by atoms with Crippen molar-refractivity contribution in [2.45, 2.75) is 57.4 Å². The number of rotatable bonds is 11. The second kappa shape index (κ2) is 12.8. The number of carbonyl (C=O) groups excluding carboxylic acids is 1. The summed E-state index contributed by atoms with van der Waals surface area (Å²) < 4.78 is 52.5. The van der Waals surface area contributed by atoms with Gasteiger partial charge in [0, 0.05) is 36.0 Å². The second-order valence-electron chi connectivity index (χ2n) is 12.7. The molecule has 2 aromatic carbocycles. The summed E-state index contributed by atoms with van der Waals surface area (Å²) in [5.74, 6) is 0.0824. The maximum atomic E-state index is 13.5. The Bertz CT molecular complexity index is 1610. The van der Waals surface area contributed by atoms with Crippen LogP contribution < -0.4 is 14.9 Å². The van der Waals surface area contributed by atoms with Gasteiger partial charge in [0.25, 0.3) is 0 Å². The third-order valence-electron chi connectivity index (χ3n) is 8.34. The van der Waals surface area contributed by atoms with Gasteiger partial charge in [-0.3, -0.25) is 0 Å². The minimum atomic E-state index is -4.59. The average molecular weight is 639 g/mol. The molecule has 14 heteroatoms. The van der Waals surface area contributed by atoms with E-state index in [-0.39, 0.29) is 35.6 Å². The van der Waals surface area contributed by atoms with Crippen LogP contribution in [0.15, 0.2) is 42.6 Å². The first-order valence-electron chi connectivity index (χ1n) is 14.4. The Morgan fingerprint density at radius 3 is 2.58 bits per heavy atom. The summed E-state index contributed by atoms with van der Waals surface area (Å²) in [6.07, 6.45) is -2.45. The van der Waals surface area contributed by atoms with Crippen LogP contribution in [0.5, 0.6) is 5.75 Å². The summed E-state index contributed by atoms with van der Waals surface area (Å²) in [5, 5.41) is 22.1. The molecule has 4 rings (SSSR count). The van der Waals surface area contributed by atoms with Crippen molar-refractivity contribution < 1.29 is 32.2 Å². The molecule has 1 aromatic heterocycles. The molecular formula is C31H36BF3N5O4Si. The van der Waals surface area contributed by atoms with E-state index in [2.05, 4.69) is 55.2 Å². The van der Waals surface area contributed by atoms with Crippen LogP contribution in [0.25, 0.3) is 11.3 Å². The zero-order chi connectivity index (χ0) is 33.2. The number of nitrogens with zero attached hydrogens (tertiary/aromatic N) is 4. The van der Waals surface area contributed by atoms with Crippen molar-refractivity contribution >= 4 is 39.2 Å². The van der Waals surface area contributed by atoms with E-state index in [0.717, 1.165) is 17.7 Å². The van der Waals surface area contributed by atoms with Crippen LogP contribution in [0.1, 0.15) is 44.4 Å². The van der Waals surface area contributed by atoms with Gasteiger partial charge in [-0.1, -0.05) is 27.7 Å². The van der Waals surface area contributed by atoms with Crippen molar-refractivity contribution in [3.05, 3.63) is 59.3 Å². The molecule has 0 spiro atoms. The number of nitrogens with one attached hydrogen (secondary N) is 1. The molecule has 0 aliphatic carbocycles. The first kappa shape index (κ1) is 34.0. The van der Waals surface area contributed by atoms with Crippen LogP contribution in [-0.2, 0) is 20.8 Å². The van der Waals surface area contributed by atoms with E-state index in [1.807, 2.05) is 13.0 Å². The first-order chi connectivity index (χ1) is 21.0. The fraction of sp³-hybridized carbons (Fsp3) is 0.419. The van der Waals surface area contributed by atoms with Gasteiger partial charge in [-0.05, 0) is 60.1 Å². The molecule has 1 atom stereocenters. The van der Waals surface area contributed by atoms with Gasteiger partial charge in [0.05, 0.1) is 29.1 Å². The van der Waals surface area contributed by atoms with Gasteiger partial charge >= 0.3 is 13.6 Å². The fourth-order valence-electron chi connectivity index (χ4n) is 4.84. The first-order valence-corrected chi connectivity index (χ1v) is 17.3. The normalized spacial score (nSPS) is 16.6. The summed E-state index contributed by atoms with van der Waals surface area (Å²) in [5.41, 5.74) is 1.28. The number of aliphatic hydroxyl groups excluding tert-OH is 1. The highest BCUT2D eigenvalue weighted by molar-refractivity contribution is 6.74. The molecule has 1 radical (unpaired) electrons. The molecule has 3 aromatic rings. The summed E-state index contributed by atoms with van der Waals surface area (Å²) >= 11 is 0. The van der Waals surface area contributed by atoms with Crippen molar-refractivity contribution in [1.29, 1.82) is 5.26 Å². The van der Waals surface area contributed by atoms with Crippen LogP contribution in [0, 0.1) is 11.3 Å². The molecule has 0 saturated heterocycles. The smallest absolute Gasteiger partial charge is 0.416 e. The number of anilines is 3. The van der Waals surface area contributed by atoms with E-state index < -0.39 is 25.5 Å². The molecule has 237 valence electrons. The Morgan fingerprint density at radius 2 is 1.96 bits per heavy atom. The molecule has 0 fully saturated rings. The van der Waals surface area contributed by atoms with Crippen molar-refractivity contribution in [3.63, 3.8) is 0 Å². The van der Waals surface area contributed by atoms with Crippen molar-refractivity contribution in [2.24, 2.45) is 0 Å². The quantitative estimate of drug-likeness (QED) is 0.191. The molecule has 2 N–H and O–H groups in total. The largest absolute Gasteiger partial charge is 0.489 e. The highest BCUT2D eigenvalue weighted by atomic mass is 28.4. The maximum absolute atomic E-state index is 13.5. The molecule has 1 unspecified atom stereocenters. The minimum Gasteiger partial charge on any atom is -0.489 e. The van der Waals surface area contributed by atoms with Crippen molar-refractivity contribution in [3.8, 4) is 23.1 Å². The number of ether oxygens (including phenoxy) is 1. The summed E-state index contributed by atoms with van der Waals surface area (Å²) in [6.45, 7) is 13.2. The molecule has 0 bridgehead atoms. The lowest BCUT2D eigenvalue weighted by atomic mass is 9.83. The molecule has 9 nitrogen and oxygen atoms in total. The van der Waals surface area contributed by atoms with E-state index in [0.29, 0.717) is 41.8 Å². The Labute approximate surface area is 262 Å². The molecule has 2 heterocycles. The van der Waals surface area contributed by atoms with Crippen LogP contribution >= 0.6 is 0 Å². The molecule has 45 heavy (non-hydrogen) atoms. The Morgan fingerprint density at radius 1 is 1.22 bits per heavy atom. The van der Waals surface area contributed by atoms with E-state index in [9.17, 15) is 23.2 Å². The topological polar surface area (TPSA) is 121 Å². The van der Waals surface area contributed by atoms with Crippen LogP contribution in [-0.4, -0.2) is 63.4 Å². The lowest BCUT2D eigenvalue weighted by Crippen LogP contribution is -2.46. The number of halogens is 3. The van der Waals surface area contributed by atoms with E-state index in [1.165, 1.54) is 19.7 Å². The standard InChI is InChI=1S/C31H36BF3N5O4Si/c1-29(2,3)45(5,6)44-18-30(4)17-40(32-19-42)27-21(16-36)13-20(14-23(27)30)24-9-10-37-28(38-24)39-25-15-22(31(33,34)35)7-8-26(25)43-12-11-41/h7-10,13-15,19,41H,11-12,17-18H2,1-6H3,(H,37,38,39). The van der Waals surface area contributed by atoms with E-state index in [1.54, 1.807) is 16.9 Å². The van der Waals surface area contributed by atoms with Crippen molar-refractivity contribution in [1.82, 2.24) is 9.97 Å². The van der Waals surface area contributed by atoms with Crippen LogP contribution in [0.2, 0.25) is 18.1 Å². The highest BCUT2D eigenvalue weighted by Gasteiger charge is 2.44. The Kier molecular flexibility index (Phi) is 9.68. The third-order valence-corrected chi connectivity index (χ3v) is 12.8. The number of aromatic nitrogens is 2. The average Bonchev–Trinajstić information content (AvgIpc) is 3.25. The molecule has 0 saturated carbocycles. The van der Waals surface area contributed by atoms with Crippen molar-refractivity contribution in [2.75, 3.05) is 36.5 Å². The number of nitriles is 1. The molecular weight excluding hydrogens is 602 g/mol. The number of aliphatic hydroxyl groups is 1. The lowest BCUT2D eigenvalue weighted by molar-refractivity contribution is -0.137. The van der Waals surface area contributed by atoms with Crippen LogP contribution in [0.4, 0.5) is 30.5 Å². The monoisotopic (exact) mass is 638 g/mol. The summed E-state index contributed by atoms with van der Waals surface area (Å²) in [7, 11) is -0.729. The van der Waals surface area contributed by atoms with Gasteiger partial charge in [-0.15, -0.1) is 0 Å². The Hall–Kier alpha value is -3.93. The molecule has 1 aliphatic rings. The highest BCUT2D eigenvalue weighted by Crippen LogP contribution is 2.46.